The number of aliphatic hydroxyl groups is 1. The van der Waals surface area contributed by atoms with Crippen LogP contribution in [0.4, 0.5) is 0 Å². The molecule has 0 aromatic heterocycles. The van der Waals surface area contributed by atoms with Gasteiger partial charge < -0.3 is 19.6 Å². The van der Waals surface area contributed by atoms with E-state index in [2.05, 4.69) is 13.8 Å². The molecule has 6 nitrogen and oxygen atoms in total. The zero-order valence-corrected chi connectivity index (χ0v) is 21.1. The van der Waals surface area contributed by atoms with E-state index in [1.165, 1.54) is 5.56 Å². The van der Waals surface area contributed by atoms with Crippen LogP contribution >= 0.6 is 0 Å². The first kappa shape index (κ1) is 25.5. The molecule has 0 radical (unpaired) electrons. The van der Waals surface area contributed by atoms with E-state index in [-0.39, 0.29) is 11.3 Å². The van der Waals surface area contributed by atoms with Gasteiger partial charge in [0.25, 0.3) is 11.7 Å². The Morgan fingerprint density at radius 3 is 2.35 bits per heavy atom. The molecule has 0 bridgehead atoms. The zero-order valence-electron chi connectivity index (χ0n) is 21.1. The largest absolute Gasteiger partial charge is 0.507 e. The minimum Gasteiger partial charge on any atom is -0.507 e. The second-order valence-electron chi connectivity index (χ2n) is 9.38. The van der Waals surface area contributed by atoms with Gasteiger partial charge in [0.1, 0.15) is 11.5 Å². The van der Waals surface area contributed by atoms with Gasteiger partial charge in [-0.25, -0.2) is 0 Å². The fourth-order valence-electron chi connectivity index (χ4n) is 4.38. The molecule has 2 aromatic rings. The fourth-order valence-corrected chi connectivity index (χ4v) is 4.38. The van der Waals surface area contributed by atoms with Crippen molar-refractivity contribution in [3.05, 3.63) is 70.3 Å². The smallest absolute Gasteiger partial charge is 0.295 e. The topological polar surface area (TPSA) is 70.1 Å². The monoisotopic (exact) mass is 464 g/mol. The Labute approximate surface area is 202 Å². The molecule has 1 aliphatic rings. The van der Waals surface area contributed by atoms with E-state index in [0.29, 0.717) is 30.4 Å². The van der Waals surface area contributed by atoms with Crippen LogP contribution in [0.2, 0.25) is 0 Å². The molecular weight excluding hydrogens is 428 g/mol. The number of aliphatic hydroxyl groups excluding tert-OH is 1. The molecule has 34 heavy (non-hydrogen) atoms. The minimum absolute atomic E-state index is 0.138. The number of carbonyl (C=O) groups is 2. The number of hydrogen-bond acceptors (Lipinski definition) is 5. The summed E-state index contributed by atoms with van der Waals surface area (Å²) < 4.78 is 5.56. The lowest BCUT2D eigenvalue weighted by atomic mass is 9.92. The number of hydrogen-bond donors (Lipinski definition) is 1. The van der Waals surface area contributed by atoms with E-state index in [1.54, 1.807) is 17.0 Å². The first-order valence-corrected chi connectivity index (χ1v) is 11.9. The van der Waals surface area contributed by atoms with Crippen LogP contribution in [0.25, 0.3) is 5.76 Å². The Bertz CT molecular complexity index is 1070. The van der Waals surface area contributed by atoms with Crippen molar-refractivity contribution in [2.75, 3.05) is 33.8 Å². The lowest BCUT2D eigenvalue weighted by Crippen LogP contribution is -2.32. The number of Topliss-reactive ketones (excluding diaryl/α,β-unsaturated/α-hetero) is 1. The lowest BCUT2D eigenvalue weighted by Gasteiger charge is -2.26. The number of aryl methyl sites for hydroxylation is 1. The summed E-state index contributed by atoms with van der Waals surface area (Å²) in [5, 5.41) is 11.3. The first-order valence-electron chi connectivity index (χ1n) is 11.9. The summed E-state index contributed by atoms with van der Waals surface area (Å²) in [6, 6.07) is 12.7. The average molecular weight is 465 g/mol. The van der Waals surface area contributed by atoms with E-state index < -0.39 is 17.7 Å². The highest BCUT2D eigenvalue weighted by molar-refractivity contribution is 6.46. The van der Waals surface area contributed by atoms with Gasteiger partial charge in [0, 0.05) is 12.1 Å². The first-order chi connectivity index (χ1) is 16.1. The fraction of sp³-hybridized carbons (Fsp3) is 0.429. The van der Waals surface area contributed by atoms with Gasteiger partial charge in [-0.05, 0) is 81.7 Å². The molecule has 2 aromatic carbocycles. The van der Waals surface area contributed by atoms with Crippen molar-refractivity contribution in [1.29, 1.82) is 0 Å². The van der Waals surface area contributed by atoms with Crippen molar-refractivity contribution in [1.82, 2.24) is 9.80 Å². The number of carbonyl (C=O) groups excluding carboxylic acids is 2. The summed E-state index contributed by atoms with van der Waals surface area (Å²) in [5.41, 5.74) is 3.43. The Morgan fingerprint density at radius 2 is 1.79 bits per heavy atom. The molecule has 1 aliphatic heterocycles. The SMILES string of the molecule is CCOc1ccc(/C(O)=C2\C(=O)C(=O)N(CCCN(C)C)C2c2ccc(C(C)C)cc2)c(C)c1. The third kappa shape index (κ3) is 5.33. The normalized spacial score (nSPS) is 17.8. The van der Waals surface area contributed by atoms with E-state index in [9.17, 15) is 14.7 Å². The van der Waals surface area contributed by atoms with Gasteiger partial charge in [0.15, 0.2) is 0 Å². The number of rotatable bonds is 9. The highest BCUT2D eigenvalue weighted by Crippen LogP contribution is 2.40. The van der Waals surface area contributed by atoms with Crippen LogP contribution in [-0.4, -0.2) is 60.4 Å². The molecule has 1 saturated heterocycles. The Morgan fingerprint density at radius 1 is 1.12 bits per heavy atom. The van der Waals surface area contributed by atoms with E-state index >= 15 is 0 Å². The number of ether oxygens (including phenoxy) is 1. The molecule has 182 valence electrons. The van der Waals surface area contributed by atoms with Crippen molar-refractivity contribution in [2.45, 2.75) is 46.1 Å². The molecule has 1 fully saturated rings. The number of likely N-dealkylation sites (tertiary alicyclic amines) is 1. The zero-order chi connectivity index (χ0) is 25.0. The minimum atomic E-state index is -0.645. The Hall–Kier alpha value is -3.12. The lowest BCUT2D eigenvalue weighted by molar-refractivity contribution is -0.139. The summed E-state index contributed by atoms with van der Waals surface area (Å²) in [7, 11) is 3.95. The van der Waals surface area contributed by atoms with Gasteiger partial charge >= 0.3 is 0 Å². The standard InChI is InChI=1S/C28H36N2O4/c1-7-34-22-13-14-23(19(4)17-22)26(31)24-25(21-11-9-20(10-12-21)18(2)3)30(28(33)27(24)32)16-8-15-29(5)6/h9-14,17-18,25,31H,7-8,15-16H2,1-6H3/b26-24+. The van der Waals surface area contributed by atoms with Gasteiger partial charge in [-0.1, -0.05) is 38.1 Å². The van der Waals surface area contributed by atoms with Crippen molar-refractivity contribution in [2.24, 2.45) is 0 Å². The van der Waals surface area contributed by atoms with E-state index in [4.69, 9.17) is 4.74 Å². The molecule has 1 amide bonds. The maximum Gasteiger partial charge on any atom is 0.295 e. The molecule has 0 spiro atoms. The number of nitrogens with zero attached hydrogens (tertiary/aromatic N) is 2. The average Bonchev–Trinajstić information content (AvgIpc) is 3.04. The molecule has 1 atom stereocenters. The maximum absolute atomic E-state index is 13.2. The second kappa shape index (κ2) is 10.9. The molecule has 1 heterocycles. The van der Waals surface area contributed by atoms with Gasteiger partial charge in [-0.3, -0.25) is 9.59 Å². The highest BCUT2D eigenvalue weighted by Gasteiger charge is 2.45. The summed E-state index contributed by atoms with van der Waals surface area (Å²) in [6.45, 7) is 9.77. The Balaban J connectivity index is 2.10. The van der Waals surface area contributed by atoms with Crippen molar-refractivity contribution in [3.63, 3.8) is 0 Å². The van der Waals surface area contributed by atoms with Crippen LogP contribution in [0.15, 0.2) is 48.0 Å². The van der Waals surface area contributed by atoms with Crippen molar-refractivity contribution >= 4 is 17.4 Å². The molecule has 1 N–H and O–H groups in total. The van der Waals surface area contributed by atoms with Gasteiger partial charge in [-0.2, -0.15) is 0 Å². The predicted molar refractivity (Wildman–Crippen MR) is 135 cm³/mol. The quantitative estimate of drug-likeness (QED) is 0.325. The molecule has 0 saturated carbocycles. The van der Waals surface area contributed by atoms with Gasteiger partial charge in [-0.15, -0.1) is 0 Å². The highest BCUT2D eigenvalue weighted by atomic mass is 16.5. The predicted octanol–water partition coefficient (Wildman–Crippen LogP) is 4.89. The van der Waals surface area contributed by atoms with Gasteiger partial charge in [0.2, 0.25) is 0 Å². The second-order valence-corrected chi connectivity index (χ2v) is 9.38. The van der Waals surface area contributed by atoms with Crippen LogP contribution < -0.4 is 4.74 Å². The molecule has 6 heteroatoms. The van der Waals surface area contributed by atoms with Crippen LogP contribution in [-0.2, 0) is 9.59 Å². The summed E-state index contributed by atoms with van der Waals surface area (Å²) in [6.07, 6.45) is 0.725. The van der Waals surface area contributed by atoms with E-state index in [0.717, 1.165) is 24.1 Å². The van der Waals surface area contributed by atoms with Crippen molar-refractivity contribution in [3.8, 4) is 5.75 Å². The van der Waals surface area contributed by atoms with Crippen LogP contribution in [0, 0.1) is 6.92 Å². The summed E-state index contributed by atoms with van der Waals surface area (Å²) in [4.78, 5) is 30.0. The number of benzene rings is 2. The number of amides is 1. The number of ketones is 1. The molecule has 0 aliphatic carbocycles. The maximum atomic E-state index is 13.2. The molecule has 3 rings (SSSR count). The van der Waals surface area contributed by atoms with Crippen LogP contribution in [0.5, 0.6) is 5.75 Å². The third-order valence-corrected chi connectivity index (χ3v) is 6.23. The van der Waals surface area contributed by atoms with E-state index in [1.807, 2.05) is 63.2 Å². The summed E-state index contributed by atoms with van der Waals surface area (Å²) in [5.74, 6) is -0.295. The van der Waals surface area contributed by atoms with Crippen LogP contribution in [0.1, 0.15) is 61.4 Å². The Kier molecular flexibility index (Phi) is 8.15. The third-order valence-electron chi connectivity index (χ3n) is 6.23. The van der Waals surface area contributed by atoms with Crippen LogP contribution in [0.3, 0.4) is 0 Å². The molecule has 1 unspecified atom stereocenters. The summed E-state index contributed by atoms with van der Waals surface area (Å²) >= 11 is 0. The molecular formula is C28H36N2O4. The van der Waals surface area contributed by atoms with Crippen molar-refractivity contribution < 1.29 is 19.4 Å². The van der Waals surface area contributed by atoms with Gasteiger partial charge in [0.05, 0.1) is 18.2 Å².